The largest absolute Gasteiger partial charge is 0.508 e. The Morgan fingerprint density at radius 1 is 1.42 bits per heavy atom. The molecule has 100 valence electrons. The van der Waals surface area contributed by atoms with Crippen LogP contribution in [-0.2, 0) is 16.0 Å². The molecule has 0 bridgehead atoms. The molecule has 0 aliphatic heterocycles. The smallest absolute Gasteiger partial charge is 0.336 e. The number of ether oxygens (including phenoxy) is 1. The van der Waals surface area contributed by atoms with Crippen LogP contribution >= 0.6 is 0 Å². The predicted molar refractivity (Wildman–Crippen MR) is 71.3 cm³/mol. The standard InChI is InChI=1S/C15H16O4/c1-9-13(10(2)15(18)19-8-16)5-3-11-7-12(17)4-6-14(9)11/h4,6-7,16-17H,1,3,5,8H2,2H3/b13-10+. The van der Waals surface area contributed by atoms with Crippen molar-refractivity contribution in [1.82, 2.24) is 0 Å². The number of aryl methyl sites for hydroxylation is 1. The molecule has 0 unspecified atom stereocenters. The van der Waals surface area contributed by atoms with Crippen LogP contribution in [0.4, 0.5) is 0 Å². The molecule has 4 nitrogen and oxygen atoms in total. The summed E-state index contributed by atoms with van der Waals surface area (Å²) in [6.07, 6.45) is 1.41. The van der Waals surface area contributed by atoms with Crippen LogP contribution < -0.4 is 0 Å². The van der Waals surface area contributed by atoms with Gasteiger partial charge >= 0.3 is 5.97 Å². The number of esters is 1. The minimum Gasteiger partial charge on any atom is -0.508 e. The van der Waals surface area contributed by atoms with Gasteiger partial charge in [-0.15, -0.1) is 0 Å². The summed E-state index contributed by atoms with van der Waals surface area (Å²) in [4.78, 5) is 11.6. The third-order valence-electron chi connectivity index (χ3n) is 3.38. The lowest BCUT2D eigenvalue weighted by Gasteiger charge is -2.23. The molecule has 2 N–H and O–H groups in total. The number of aliphatic hydroxyl groups is 1. The number of hydrogen-bond donors (Lipinski definition) is 2. The summed E-state index contributed by atoms with van der Waals surface area (Å²) in [5.41, 5.74) is 4.05. The Kier molecular flexibility index (Phi) is 3.71. The molecule has 1 aliphatic carbocycles. The maximum absolute atomic E-state index is 11.6. The Hall–Kier alpha value is -2.07. The Bertz CT molecular complexity index is 570. The molecule has 0 atom stereocenters. The number of phenolic OH excluding ortho intramolecular Hbond substituents is 1. The highest BCUT2D eigenvalue weighted by molar-refractivity contribution is 5.95. The second kappa shape index (κ2) is 5.28. The van der Waals surface area contributed by atoms with Crippen molar-refractivity contribution < 1.29 is 19.7 Å². The third-order valence-corrected chi connectivity index (χ3v) is 3.38. The molecule has 0 fully saturated rings. The molecule has 1 aromatic carbocycles. The zero-order valence-corrected chi connectivity index (χ0v) is 10.8. The molecule has 0 spiro atoms. The van der Waals surface area contributed by atoms with Gasteiger partial charge in [-0.3, -0.25) is 0 Å². The van der Waals surface area contributed by atoms with E-state index in [-0.39, 0.29) is 5.75 Å². The molecule has 0 aromatic heterocycles. The topological polar surface area (TPSA) is 66.8 Å². The minimum atomic E-state index is -0.625. The van der Waals surface area contributed by atoms with Crippen LogP contribution in [-0.4, -0.2) is 23.0 Å². The fourth-order valence-corrected chi connectivity index (χ4v) is 2.36. The van der Waals surface area contributed by atoms with Gasteiger partial charge in [-0.25, -0.2) is 4.79 Å². The Balaban J connectivity index is 2.38. The van der Waals surface area contributed by atoms with E-state index in [1.807, 2.05) is 0 Å². The van der Waals surface area contributed by atoms with Crippen LogP contribution in [0, 0.1) is 0 Å². The molecular formula is C15H16O4. The second-order valence-corrected chi connectivity index (χ2v) is 4.48. The summed E-state index contributed by atoms with van der Waals surface area (Å²) >= 11 is 0. The first-order valence-corrected chi connectivity index (χ1v) is 6.04. The van der Waals surface area contributed by atoms with Crippen molar-refractivity contribution in [2.75, 3.05) is 6.79 Å². The molecule has 19 heavy (non-hydrogen) atoms. The van der Waals surface area contributed by atoms with Crippen LogP contribution in [0.25, 0.3) is 5.57 Å². The van der Waals surface area contributed by atoms with E-state index in [1.54, 1.807) is 25.1 Å². The maximum atomic E-state index is 11.6. The number of phenols is 1. The van der Waals surface area contributed by atoms with Crippen molar-refractivity contribution in [3.05, 3.63) is 47.1 Å². The van der Waals surface area contributed by atoms with Gasteiger partial charge in [-0.2, -0.15) is 0 Å². The molecule has 2 rings (SSSR count). The molecule has 1 aliphatic rings. The molecule has 0 saturated carbocycles. The summed E-state index contributed by atoms with van der Waals surface area (Å²) in [5, 5.41) is 18.1. The average molecular weight is 260 g/mol. The highest BCUT2D eigenvalue weighted by Gasteiger charge is 2.22. The number of aliphatic hydroxyl groups excluding tert-OH is 1. The van der Waals surface area contributed by atoms with Gasteiger partial charge in [-0.05, 0) is 54.2 Å². The van der Waals surface area contributed by atoms with E-state index in [0.717, 1.165) is 28.7 Å². The van der Waals surface area contributed by atoms with E-state index in [0.29, 0.717) is 12.0 Å². The molecule has 4 heteroatoms. The fourth-order valence-electron chi connectivity index (χ4n) is 2.36. The van der Waals surface area contributed by atoms with Crippen LogP contribution in [0.15, 0.2) is 35.9 Å². The van der Waals surface area contributed by atoms with Gasteiger partial charge in [0, 0.05) is 5.57 Å². The summed E-state index contributed by atoms with van der Waals surface area (Å²) in [6, 6.07) is 5.13. The summed E-state index contributed by atoms with van der Waals surface area (Å²) in [6.45, 7) is 5.07. The van der Waals surface area contributed by atoms with Gasteiger partial charge in [0.1, 0.15) is 5.75 Å². The SMILES string of the molecule is C=C1/C(=C(\C)C(=O)OCO)CCc2cc(O)ccc21. The summed E-state index contributed by atoms with van der Waals surface area (Å²) in [7, 11) is 0. The first-order valence-electron chi connectivity index (χ1n) is 6.04. The number of aromatic hydroxyl groups is 1. The fraction of sp³-hybridized carbons (Fsp3) is 0.267. The lowest BCUT2D eigenvalue weighted by Crippen LogP contribution is -2.12. The van der Waals surface area contributed by atoms with Crippen molar-refractivity contribution in [3.63, 3.8) is 0 Å². The molecule has 0 saturated heterocycles. The predicted octanol–water partition coefficient (Wildman–Crippen LogP) is 2.16. The number of hydrogen-bond acceptors (Lipinski definition) is 4. The van der Waals surface area contributed by atoms with Crippen molar-refractivity contribution in [3.8, 4) is 5.75 Å². The summed E-state index contributed by atoms with van der Waals surface area (Å²) in [5.74, 6) is -0.295. The lowest BCUT2D eigenvalue weighted by molar-refractivity contribution is -0.146. The minimum absolute atomic E-state index is 0.232. The molecule has 1 aromatic rings. The average Bonchev–Trinajstić information content (AvgIpc) is 2.38. The van der Waals surface area contributed by atoms with Gasteiger partial charge in [0.05, 0.1) is 0 Å². The van der Waals surface area contributed by atoms with E-state index >= 15 is 0 Å². The second-order valence-electron chi connectivity index (χ2n) is 4.48. The normalized spacial score (nSPS) is 16.8. The number of carbonyl (C=O) groups is 1. The quantitative estimate of drug-likeness (QED) is 0.486. The van der Waals surface area contributed by atoms with Crippen molar-refractivity contribution in [2.45, 2.75) is 19.8 Å². The van der Waals surface area contributed by atoms with E-state index in [2.05, 4.69) is 11.3 Å². The molecule has 0 radical (unpaired) electrons. The van der Waals surface area contributed by atoms with Crippen molar-refractivity contribution in [1.29, 1.82) is 0 Å². The van der Waals surface area contributed by atoms with E-state index in [4.69, 9.17) is 5.11 Å². The third kappa shape index (κ3) is 2.53. The maximum Gasteiger partial charge on any atom is 0.336 e. The lowest BCUT2D eigenvalue weighted by atomic mass is 9.82. The number of carbonyl (C=O) groups excluding carboxylic acids is 1. The molecule has 0 amide bonds. The number of benzene rings is 1. The van der Waals surface area contributed by atoms with Gasteiger partial charge in [-0.1, -0.05) is 12.6 Å². The number of rotatable bonds is 2. The summed E-state index contributed by atoms with van der Waals surface area (Å²) < 4.78 is 4.59. The van der Waals surface area contributed by atoms with Crippen LogP contribution in [0.2, 0.25) is 0 Å². The van der Waals surface area contributed by atoms with Gasteiger partial charge in [0.2, 0.25) is 0 Å². The number of allylic oxidation sites excluding steroid dienone is 2. The molecule has 0 heterocycles. The van der Waals surface area contributed by atoms with E-state index in [9.17, 15) is 9.90 Å². The van der Waals surface area contributed by atoms with E-state index in [1.165, 1.54) is 0 Å². The Labute approximate surface area is 111 Å². The Morgan fingerprint density at radius 3 is 2.84 bits per heavy atom. The van der Waals surface area contributed by atoms with Crippen molar-refractivity contribution >= 4 is 11.5 Å². The molecular weight excluding hydrogens is 244 g/mol. The highest BCUT2D eigenvalue weighted by Crippen LogP contribution is 2.37. The van der Waals surface area contributed by atoms with Crippen LogP contribution in [0.5, 0.6) is 5.75 Å². The monoisotopic (exact) mass is 260 g/mol. The van der Waals surface area contributed by atoms with Crippen LogP contribution in [0.1, 0.15) is 24.5 Å². The zero-order chi connectivity index (χ0) is 14.0. The highest BCUT2D eigenvalue weighted by atomic mass is 16.6. The van der Waals surface area contributed by atoms with E-state index < -0.39 is 12.8 Å². The first-order chi connectivity index (χ1) is 9.04. The number of fused-ring (bicyclic) bond motifs is 1. The van der Waals surface area contributed by atoms with Gasteiger partial charge in [0.15, 0.2) is 6.79 Å². The van der Waals surface area contributed by atoms with Crippen molar-refractivity contribution in [2.24, 2.45) is 0 Å². The first kappa shape index (κ1) is 13.4. The van der Waals surface area contributed by atoms with Gasteiger partial charge < -0.3 is 14.9 Å². The zero-order valence-electron chi connectivity index (χ0n) is 10.8. The van der Waals surface area contributed by atoms with Gasteiger partial charge in [0.25, 0.3) is 0 Å². The van der Waals surface area contributed by atoms with Crippen LogP contribution in [0.3, 0.4) is 0 Å². The Morgan fingerprint density at radius 2 is 2.16 bits per heavy atom.